The quantitative estimate of drug-likeness (QED) is 0.826. The highest BCUT2D eigenvalue weighted by molar-refractivity contribution is 5.94. The van der Waals surface area contributed by atoms with Crippen LogP contribution in [-0.2, 0) is 0 Å². The molecule has 0 saturated heterocycles. The fourth-order valence-electron chi connectivity index (χ4n) is 1.56. The summed E-state index contributed by atoms with van der Waals surface area (Å²) in [7, 11) is 0. The SMILES string of the molecule is CCC(C)(CCO)NC(=O)c1ccccc1F. The first-order chi connectivity index (χ1) is 8.02. The van der Waals surface area contributed by atoms with Gasteiger partial charge in [0.2, 0.25) is 0 Å². The zero-order valence-corrected chi connectivity index (χ0v) is 10.2. The van der Waals surface area contributed by atoms with Crippen LogP contribution in [0, 0.1) is 5.82 Å². The molecule has 0 heterocycles. The first-order valence-electron chi connectivity index (χ1n) is 5.70. The van der Waals surface area contributed by atoms with Crippen LogP contribution < -0.4 is 5.32 Å². The third-order valence-corrected chi connectivity index (χ3v) is 2.98. The van der Waals surface area contributed by atoms with Crippen molar-refractivity contribution in [2.75, 3.05) is 6.61 Å². The summed E-state index contributed by atoms with van der Waals surface area (Å²) in [4.78, 5) is 11.9. The van der Waals surface area contributed by atoms with Gasteiger partial charge in [-0.15, -0.1) is 0 Å². The van der Waals surface area contributed by atoms with E-state index < -0.39 is 17.3 Å². The van der Waals surface area contributed by atoms with E-state index in [1.807, 2.05) is 13.8 Å². The minimum atomic E-state index is -0.535. The van der Waals surface area contributed by atoms with Crippen molar-refractivity contribution in [3.8, 4) is 0 Å². The molecule has 0 spiro atoms. The molecule has 1 unspecified atom stereocenters. The molecule has 0 fully saturated rings. The van der Waals surface area contributed by atoms with E-state index in [-0.39, 0.29) is 12.2 Å². The van der Waals surface area contributed by atoms with Gasteiger partial charge in [-0.2, -0.15) is 0 Å². The predicted octanol–water partition coefficient (Wildman–Crippen LogP) is 2.11. The molecule has 94 valence electrons. The zero-order chi connectivity index (χ0) is 12.9. The molecule has 0 saturated carbocycles. The number of hydrogen-bond donors (Lipinski definition) is 2. The highest BCUT2D eigenvalue weighted by atomic mass is 19.1. The number of carbonyl (C=O) groups excluding carboxylic acids is 1. The summed E-state index contributed by atoms with van der Waals surface area (Å²) in [6.07, 6.45) is 1.12. The lowest BCUT2D eigenvalue weighted by Crippen LogP contribution is -2.46. The maximum absolute atomic E-state index is 13.4. The summed E-state index contributed by atoms with van der Waals surface area (Å²) >= 11 is 0. The Hall–Kier alpha value is -1.42. The van der Waals surface area contributed by atoms with E-state index in [4.69, 9.17) is 5.11 Å². The Bertz CT molecular complexity index is 395. The topological polar surface area (TPSA) is 49.3 Å². The molecule has 1 aromatic rings. The van der Waals surface area contributed by atoms with Crippen LogP contribution in [-0.4, -0.2) is 23.2 Å². The lowest BCUT2D eigenvalue weighted by Gasteiger charge is -2.29. The van der Waals surface area contributed by atoms with Crippen LogP contribution in [0.15, 0.2) is 24.3 Å². The largest absolute Gasteiger partial charge is 0.396 e. The van der Waals surface area contributed by atoms with E-state index in [1.54, 1.807) is 12.1 Å². The van der Waals surface area contributed by atoms with Gasteiger partial charge in [0.1, 0.15) is 5.82 Å². The van der Waals surface area contributed by atoms with Crippen molar-refractivity contribution in [2.24, 2.45) is 0 Å². The average Bonchev–Trinajstić information content (AvgIpc) is 2.29. The fraction of sp³-hybridized carbons (Fsp3) is 0.462. The van der Waals surface area contributed by atoms with Crippen LogP contribution in [0.3, 0.4) is 0 Å². The Balaban J connectivity index is 2.82. The van der Waals surface area contributed by atoms with Gasteiger partial charge in [-0.25, -0.2) is 4.39 Å². The number of aliphatic hydroxyl groups is 1. The highest BCUT2D eigenvalue weighted by Crippen LogP contribution is 2.16. The van der Waals surface area contributed by atoms with Gasteiger partial charge >= 0.3 is 0 Å². The number of carbonyl (C=O) groups is 1. The van der Waals surface area contributed by atoms with Crippen molar-refractivity contribution in [2.45, 2.75) is 32.2 Å². The normalized spacial score (nSPS) is 14.1. The maximum Gasteiger partial charge on any atom is 0.254 e. The number of rotatable bonds is 5. The van der Waals surface area contributed by atoms with Gasteiger partial charge in [-0.1, -0.05) is 19.1 Å². The van der Waals surface area contributed by atoms with E-state index in [9.17, 15) is 9.18 Å². The van der Waals surface area contributed by atoms with Crippen LogP contribution in [0.25, 0.3) is 0 Å². The van der Waals surface area contributed by atoms with Gasteiger partial charge < -0.3 is 10.4 Å². The summed E-state index contributed by atoms with van der Waals surface area (Å²) < 4.78 is 13.4. The van der Waals surface area contributed by atoms with E-state index in [2.05, 4.69) is 5.32 Å². The number of halogens is 1. The molecule has 3 nitrogen and oxygen atoms in total. The fourth-order valence-corrected chi connectivity index (χ4v) is 1.56. The Labute approximate surface area is 101 Å². The van der Waals surface area contributed by atoms with Gasteiger partial charge in [0.25, 0.3) is 5.91 Å². The molecule has 0 aliphatic carbocycles. The van der Waals surface area contributed by atoms with E-state index in [0.29, 0.717) is 12.8 Å². The number of nitrogens with one attached hydrogen (secondary N) is 1. The minimum Gasteiger partial charge on any atom is -0.396 e. The average molecular weight is 239 g/mol. The Kier molecular flexibility index (Phi) is 4.63. The number of amides is 1. The molecule has 0 aromatic heterocycles. The molecule has 0 radical (unpaired) electrons. The van der Waals surface area contributed by atoms with Crippen LogP contribution in [0.5, 0.6) is 0 Å². The van der Waals surface area contributed by atoms with Crippen LogP contribution in [0.2, 0.25) is 0 Å². The first kappa shape index (κ1) is 13.6. The third-order valence-electron chi connectivity index (χ3n) is 2.98. The van der Waals surface area contributed by atoms with Crippen molar-refractivity contribution in [1.82, 2.24) is 5.32 Å². The summed E-state index contributed by atoms with van der Waals surface area (Å²) in [5, 5.41) is 11.7. The number of aliphatic hydroxyl groups excluding tert-OH is 1. The number of benzene rings is 1. The van der Waals surface area contributed by atoms with Crippen LogP contribution >= 0.6 is 0 Å². The smallest absolute Gasteiger partial charge is 0.254 e. The second-order valence-corrected chi connectivity index (χ2v) is 4.32. The van der Waals surface area contributed by atoms with Crippen LogP contribution in [0.4, 0.5) is 4.39 Å². The maximum atomic E-state index is 13.4. The molecule has 0 aliphatic heterocycles. The Morgan fingerprint density at radius 2 is 2.12 bits per heavy atom. The molecule has 1 amide bonds. The molecule has 0 bridgehead atoms. The summed E-state index contributed by atoms with van der Waals surface area (Å²) in [6.45, 7) is 3.74. The van der Waals surface area contributed by atoms with Gasteiger partial charge in [-0.3, -0.25) is 4.79 Å². The summed E-state index contributed by atoms with van der Waals surface area (Å²) in [5.41, 5.74) is -0.473. The van der Waals surface area contributed by atoms with E-state index >= 15 is 0 Å². The van der Waals surface area contributed by atoms with E-state index in [0.717, 1.165) is 0 Å². The number of hydrogen-bond acceptors (Lipinski definition) is 2. The zero-order valence-electron chi connectivity index (χ0n) is 10.2. The Morgan fingerprint density at radius 3 is 2.65 bits per heavy atom. The van der Waals surface area contributed by atoms with Crippen molar-refractivity contribution < 1.29 is 14.3 Å². The highest BCUT2D eigenvalue weighted by Gasteiger charge is 2.25. The molecule has 1 aromatic carbocycles. The molecular formula is C13H18FNO2. The van der Waals surface area contributed by atoms with Crippen molar-refractivity contribution in [3.05, 3.63) is 35.6 Å². The van der Waals surface area contributed by atoms with Crippen LogP contribution in [0.1, 0.15) is 37.0 Å². The second-order valence-electron chi connectivity index (χ2n) is 4.32. The third kappa shape index (κ3) is 3.53. The molecule has 4 heteroatoms. The van der Waals surface area contributed by atoms with Gasteiger partial charge in [0.15, 0.2) is 0 Å². The minimum absolute atomic E-state index is 0.0120. The van der Waals surface area contributed by atoms with E-state index in [1.165, 1.54) is 12.1 Å². The molecule has 0 aliphatic rings. The van der Waals surface area contributed by atoms with Crippen molar-refractivity contribution in [1.29, 1.82) is 0 Å². The van der Waals surface area contributed by atoms with Gasteiger partial charge in [0, 0.05) is 12.1 Å². The molecule has 2 N–H and O–H groups in total. The monoisotopic (exact) mass is 239 g/mol. The molecule has 1 atom stereocenters. The standard InChI is InChI=1S/C13H18FNO2/c1-3-13(2,8-9-16)15-12(17)10-6-4-5-7-11(10)14/h4-7,16H,3,8-9H2,1-2H3,(H,15,17). The van der Waals surface area contributed by atoms with Gasteiger partial charge in [0.05, 0.1) is 5.56 Å². The lowest BCUT2D eigenvalue weighted by atomic mass is 9.94. The van der Waals surface area contributed by atoms with Gasteiger partial charge in [-0.05, 0) is 31.9 Å². The summed E-state index contributed by atoms with van der Waals surface area (Å²) in [6, 6.07) is 5.86. The molecular weight excluding hydrogens is 221 g/mol. The predicted molar refractivity (Wildman–Crippen MR) is 64.3 cm³/mol. The molecule has 1 rings (SSSR count). The van der Waals surface area contributed by atoms with Crippen molar-refractivity contribution in [3.63, 3.8) is 0 Å². The summed E-state index contributed by atoms with van der Waals surface area (Å²) in [5.74, 6) is -0.978. The first-order valence-corrected chi connectivity index (χ1v) is 5.70. The lowest BCUT2D eigenvalue weighted by molar-refractivity contribution is 0.0882. The molecule has 17 heavy (non-hydrogen) atoms. The second kappa shape index (κ2) is 5.77. The Morgan fingerprint density at radius 1 is 1.47 bits per heavy atom. The van der Waals surface area contributed by atoms with Crippen molar-refractivity contribution >= 4 is 5.91 Å².